The van der Waals surface area contributed by atoms with Crippen molar-refractivity contribution in [1.29, 1.82) is 0 Å². The van der Waals surface area contributed by atoms with Crippen LogP contribution in [0.1, 0.15) is 13.3 Å². The molecule has 0 amide bonds. The van der Waals surface area contributed by atoms with E-state index in [4.69, 9.17) is 0 Å². The van der Waals surface area contributed by atoms with Crippen LogP contribution in [-0.4, -0.2) is 0 Å². The van der Waals surface area contributed by atoms with Gasteiger partial charge in [-0.05, 0) is 6.07 Å². The van der Waals surface area contributed by atoms with E-state index in [-0.39, 0.29) is 48.0 Å². The lowest BCUT2D eigenvalue weighted by molar-refractivity contribution is -0.696. The minimum absolute atomic E-state index is 0. The third-order valence-electron chi connectivity index (χ3n) is 2.39. The predicted octanol–water partition coefficient (Wildman–Crippen LogP) is -4.13. The first-order valence-corrected chi connectivity index (χ1v) is 5.36. The molecular formula is C13H16I2N2. The van der Waals surface area contributed by atoms with E-state index in [0.717, 1.165) is 12.2 Å². The van der Waals surface area contributed by atoms with Gasteiger partial charge in [-0.3, -0.25) is 0 Å². The minimum atomic E-state index is 0. The van der Waals surface area contributed by atoms with Crippen molar-refractivity contribution in [2.45, 2.75) is 19.9 Å². The van der Waals surface area contributed by atoms with Crippen LogP contribution in [0.2, 0.25) is 0 Å². The number of halogens is 2. The van der Waals surface area contributed by atoms with Crippen LogP contribution in [0.3, 0.4) is 0 Å². The maximum absolute atomic E-state index is 3.23. The molecule has 0 aromatic carbocycles. The van der Waals surface area contributed by atoms with Gasteiger partial charge in [0.15, 0.2) is 18.6 Å². The highest BCUT2D eigenvalue weighted by atomic mass is 127. The smallest absolute Gasteiger partial charge is 0.211 e. The van der Waals surface area contributed by atoms with Crippen LogP contribution in [0.5, 0.6) is 0 Å². The fraction of sp³-hybridized carbons (Fsp3) is 0.231. The number of H-pyrrole nitrogens is 1. The fourth-order valence-electron chi connectivity index (χ4n) is 1.62. The van der Waals surface area contributed by atoms with Gasteiger partial charge in [-0.2, -0.15) is 0 Å². The summed E-state index contributed by atoms with van der Waals surface area (Å²) >= 11 is 0. The number of aromatic amines is 1. The topological polar surface area (TPSA) is 18.0 Å². The summed E-state index contributed by atoms with van der Waals surface area (Å²) in [5, 5.41) is 0. The van der Waals surface area contributed by atoms with Gasteiger partial charge >= 0.3 is 0 Å². The van der Waals surface area contributed by atoms with Crippen molar-refractivity contribution in [1.82, 2.24) is 0 Å². The SMILES string of the molecule is CCC[n+]1ccc(-c2cccc[nH+]2)cc1.[I-].[I-]. The number of rotatable bonds is 3. The van der Waals surface area contributed by atoms with Crippen molar-refractivity contribution in [3.8, 4) is 11.3 Å². The Bertz CT molecular complexity index is 415. The lowest BCUT2D eigenvalue weighted by atomic mass is 10.2. The van der Waals surface area contributed by atoms with Crippen molar-refractivity contribution in [2.24, 2.45) is 0 Å². The molecule has 0 atom stereocenters. The number of pyridine rings is 2. The molecule has 0 saturated carbocycles. The number of nitrogens with zero attached hydrogens (tertiary/aromatic N) is 1. The first kappa shape index (κ1) is 16.8. The molecule has 2 aromatic heterocycles. The Labute approximate surface area is 137 Å². The van der Waals surface area contributed by atoms with Crippen LogP contribution in [0.15, 0.2) is 48.9 Å². The van der Waals surface area contributed by atoms with Crippen molar-refractivity contribution in [2.75, 3.05) is 0 Å². The third-order valence-corrected chi connectivity index (χ3v) is 2.39. The van der Waals surface area contributed by atoms with E-state index in [2.05, 4.69) is 47.1 Å². The molecule has 0 bridgehead atoms. The normalized spacial score (nSPS) is 9.00. The molecule has 0 spiro atoms. The second kappa shape index (κ2) is 8.79. The van der Waals surface area contributed by atoms with E-state index in [9.17, 15) is 0 Å². The number of aryl methyl sites for hydroxylation is 1. The standard InChI is InChI=1S/C13H15N2.2HI/c1-2-9-15-10-6-12(7-11-15)13-5-3-4-8-14-13;;/h3-8,10-11H,2,9H2,1H3;2*1H/q+1;;/p-1. The zero-order valence-corrected chi connectivity index (χ0v) is 14.1. The molecule has 17 heavy (non-hydrogen) atoms. The molecule has 0 aliphatic rings. The first-order chi connectivity index (χ1) is 7.40. The zero-order chi connectivity index (χ0) is 10.5. The number of nitrogens with one attached hydrogen (secondary N) is 1. The molecule has 4 heteroatoms. The van der Waals surface area contributed by atoms with Gasteiger partial charge in [-0.15, -0.1) is 0 Å². The number of aromatic nitrogens is 2. The molecule has 2 heterocycles. The van der Waals surface area contributed by atoms with Gasteiger partial charge in [0.2, 0.25) is 5.69 Å². The molecule has 0 radical (unpaired) electrons. The summed E-state index contributed by atoms with van der Waals surface area (Å²) < 4.78 is 2.20. The maximum atomic E-state index is 3.23. The Morgan fingerprint density at radius 2 is 1.76 bits per heavy atom. The van der Waals surface area contributed by atoms with Gasteiger partial charge in [0.05, 0.1) is 5.56 Å². The molecule has 2 nitrogen and oxygen atoms in total. The van der Waals surface area contributed by atoms with Gasteiger partial charge in [0.25, 0.3) is 0 Å². The molecular weight excluding hydrogens is 438 g/mol. The van der Waals surface area contributed by atoms with E-state index in [0.29, 0.717) is 0 Å². The highest BCUT2D eigenvalue weighted by Gasteiger charge is 2.05. The van der Waals surface area contributed by atoms with Crippen molar-refractivity contribution < 1.29 is 57.5 Å². The second-order valence-electron chi connectivity index (χ2n) is 3.60. The molecule has 2 rings (SSSR count). The van der Waals surface area contributed by atoms with Gasteiger partial charge in [-0.1, -0.05) is 6.92 Å². The Morgan fingerprint density at radius 1 is 1.06 bits per heavy atom. The fourth-order valence-corrected chi connectivity index (χ4v) is 1.62. The quantitative estimate of drug-likeness (QED) is 0.332. The summed E-state index contributed by atoms with van der Waals surface area (Å²) in [4.78, 5) is 3.23. The highest BCUT2D eigenvalue weighted by Crippen LogP contribution is 2.10. The van der Waals surface area contributed by atoms with Crippen molar-refractivity contribution in [3.63, 3.8) is 0 Å². The van der Waals surface area contributed by atoms with E-state index in [1.54, 1.807) is 0 Å². The number of hydrogen-bond donors (Lipinski definition) is 0. The molecule has 0 aliphatic carbocycles. The molecule has 0 fully saturated rings. The van der Waals surface area contributed by atoms with Crippen LogP contribution in [0.4, 0.5) is 0 Å². The van der Waals surface area contributed by atoms with E-state index < -0.39 is 0 Å². The first-order valence-electron chi connectivity index (χ1n) is 5.36. The molecule has 0 saturated heterocycles. The molecule has 92 valence electrons. The predicted molar refractivity (Wildman–Crippen MR) is 58.9 cm³/mol. The lowest BCUT2D eigenvalue weighted by Crippen LogP contribution is -3.00. The van der Waals surface area contributed by atoms with Crippen LogP contribution < -0.4 is 57.5 Å². The highest BCUT2D eigenvalue weighted by molar-refractivity contribution is 5.53. The van der Waals surface area contributed by atoms with Crippen LogP contribution >= 0.6 is 0 Å². The maximum Gasteiger partial charge on any atom is 0.211 e. The van der Waals surface area contributed by atoms with Crippen molar-refractivity contribution in [3.05, 3.63) is 48.9 Å². The number of hydrogen-bond acceptors (Lipinski definition) is 0. The molecule has 2 aromatic rings. The van der Waals surface area contributed by atoms with E-state index >= 15 is 0 Å². The minimum Gasteiger partial charge on any atom is -1.00 e. The van der Waals surface area contributed by atoms with E-state index in [1.807, 2.05) is 18.3 Å². The Morgan fingerprint density at radius 3 is 2.29 bits per heavy atom. The van der Waals surface area contributed by atoms with Gasteiger partial charge < -0.3 is 48.0 Å². The van der Waals surface area contributed by atoms with Gasteiger partial charge in [-0.25, -0.2) is 9.55 Å². The Hall–Kier alpha value is -0.240. The van der Waals surface area contributed by atoms with Gasteiger partial charge in [0.1, 0.15) is 6.54 Å². The van der Waals surface area contributed by atoms with Gasteiger partial charge in [0, 0.05) is 30.7 Å². The molecule has 1 N–H and O–H groups in total. The van der Waals surface area contributed by atoms with Crippen LogP contribution in [0.25, 0.3) is 11.3 Å². The summed E-state index contributed by atoms with van der Waals surface area (Å²) in [5.41, 5.74) is 2.38. The molecule has 0 aliphatic heterocycles. The summed E-state index contributed by atoms with van der Waals surface area (Å²) in [6.07, 6.45) is 7.36. The third kappa shape index (κ3) is 4.87. The molecule has 0 unspecified atom stereocenters. The largest absolute Gasteiger partial charge is 1.00 e. The summed E-state index contributed by atoms with van der Waals surface area (Å²) in [5.74, 6) is 0. The second-order valence-corrected chi connectivity index (χ2v) is 3.60. The Kier molecular flexibility index (Phi) is 8.67. The average Bonchev–Trinajstić information content (AvgIpc) is 2.32. The van der Waals surface area contributed by atoms with Crippen LogP contribution in [-0.2, 0) is 6.54 Å². The van der Waals surface area contributed by atoms with Crippen molar-refractivity contribution >= 4 is 0 Å². The monoisotopic (exact) mass is 454 g/mol. The summed E-state index contributed by atoms with van der Waals surface area (Å²) in [7, 11) is 0. The zero-order valence-electron chi connectivity index (χ0n) is 9.74. The summed E-state index contributed by atoms with van der Waals surface area (Å²) in [6, 6.07) is 10.4. The van der Waals surface area contributed by atoms with Crippen LogP contribution in [0, 0.1) is 0 Å². The lowest BCUT2D eigenvalue weighted by Gasteiger charge is -1.95. The Balaban J connectivity index is 0.00000128. The summed E-state index contributed by atoms with van der Waals surface area (Å²) in [6.45, 7) is 3.27. The van der Waals surface area contributed by atoms with E-state index in [1.165, 1.54) is 12.0 Å². The average molecular weight is 454 g/mol.